The van der Waals surface area contributed by atoms with E-state index >= 15 is 0 Å². The Kier molecular flexibility index (Phi) is 19.8. The van der Waals surface area contributed by atoms with E-state index < -0.39 is 0 Å². The fourth-order valence-electron chi connectivity index (χ4n) is 16.8. The quantitative estimate of drug-likeness (QED) is 0.0611. The number of furan rings is 2. The summed E-state index contributed by atoms with van der Waals surface area (Å²) in [6.07, 6.45) is 46.8. The van der Waals surface area contributed by atoms with Crippen molar-refractivity contribution in [1.82, 2.24) is 9.13 Å². The first-order chi connectivity index (χ1) is 56.7. The van der Waals surface area contributed by atoms with E-state index in [-0.39, 0.29) is 6.04 Å². The fraction of sp³-hybridized carbons (Fsp3) is 0.0556. The molecular weight excluding hydrogens is 1400 g/mol. The third kappa shape index (κ3) is 14.0. The van der Waals surface area contributed by atoms with E-state index in [0.29, 0.717) is 0 Å². The Labute approximate surface area is 672 Å². The maximum Gasteiger partial charge on any atom is 0.143 e. The zero-order chi connectivity index (χ0) is 77.9. The summed E-state index contributed by atoms with van der Waals surface area (Å²) in [5.41, 5.74) is 30.7. The molecule has 0 radical (unpaired) electrons. The molecule has 1 atom stereocenters. The van der Waals surface area contributed by atoms with Crippen molar-refractivity contribution in [3.63, 3.8) is 0 Å². The lowest BCUT2D eigenvalue weighted by atomic mass is 9.92. The topological polar surface area (TPSA) is 54.7 Å². The van der Waals surface area contributed by atoms with E-state index in [1.54, 1.807) is 12.2 Å². The van der Waals surface area contributed by atoms with Crippen molar-refractivity contribution < 1.29 is 8.83 Å². The number of anilines is 5. The number of aromatic nitrogens is 2. The second kappa shape index (κ2) is 31.6. The first-order valence-corrected chi connectivity index (χ1v) is 39.4. The average molecular weight is 1480 g/mol. The van der Waals surface area contributed by atoms with Gasteiger partial charge in [-0.25, -0.2) is 0 Å². The number of fused-ring (bicyclic) bond motifs is 8. The summed E-state index contributed by atoms with van der Waals surface area (Å²) in [6.45, 7) is 25.5. The summed E-state index contributed by atoms with van der Waals surface area (Å²) in [5, 5.41) is 9.42. The average Bonchev–Trinajstić information content (AvgIpc) is 1.61. The Bertz CT molecular complexity index is 6660. The van der Waals surface area contributed by atoms with Crippen LogP contribution in [0.2, 0.25) is 0 Å². The minimum Gasteiger partial charge on any atom is -0.456 e. The highest BCUT2D eigenvalue weighted by Gasteiger charge is 2.26. The zero-order valence-corrected chi connectivity index (χ0v) is 64.2. The van der Waals surface area contributed by atoms with Gasteiger partial charge in [-0.3, -0.25) is 0 Å². The molecular formula is C108H85N5O2. The third-order valence-corrected chi connectivity index (χ3v) is 22.5. The van der Waals surface area contributed by atoms with E-state index in [1.807, 2.05) is 48.6 Å². The predicted octanol–water partition coefficient (Wildman–Crippen LogP) is 29.5. The van der Waals surface area contributed by atoms with Gasteiger partial charge in [0.05, 0.1) is 22.8 Å². The van der Waals surface area contributed by atoms with Crippen LogP contribution in [0.1, 0.15) is 70.5 Å². The van der Waals surface area contributed by atoms with Gasteiger partial charge in [0, 0.05) is 112 Å². The van der Waals surface area contributed by atoms with Gasteiger partial charge in [-0.05, 0) is 228 Å². The molecule has 554 valence electrons. The summed E-state index contributed by atoms with van der Waals surface area (Å²) in [7, 11) is 0. The molecule has 0 aliphatic heterocycles. The molecule has 4 aromatic heterocycles. The maximum atomic E-state index is 6.46. The lowest BCUT2D eigenvalue weighted by Gasteiger charge is -2.36. The maximum absolute atomic E-state index is 6.46. The van der Waals surface area contributed by atoms with Crippen LogP contribution in [0.4, 0.5) is 28.4 Å². The number of benzene rings is 11. The van der Waals surface area contributed by atoms with Gasteiger partial charge < -0.3 is 33.1 Å². The lowest BCUT2D eigenvalue weighted by Crippen LogP contribution is -2.34. The van der Waals surface area contributed by atoms with E-state index in [0.717, 1.165) is 194 Å². The largest absolute Gasteiger partial charge is 0.456 e. The highest BCUT2D eigenvalue weighted by molar-refractivity contribution is 6.10. The van der Waals surface area contributed by atoms with Crippen molar-refractivity contribution in [3.05, 3.63) is 436 Å². The van der Waals surface area contributed by atoms with Crippen LogP contribution in [0, 0.1) is 0 Å². The number of aryl methyl sites for hydroxylation is 1. The van der Waals surface area contributed by atoms with Gasteiger partial charge >= 0.3 is 0 Å². The highest BCUT2D eigenvalue weighted by Crippen LogP contribution is 2.44. The van der Waals surface area contributed by atoms with Gasteiger partial charge in [0.25, 0.3) is 0 Å². The molecule has 1 unspecified atom stereocenters. The van der Waals surface area contributed by atoms with Gasteiger partial charge in [-0.15, -0.1) is 0 Å². The van der Waals surface area contributed by atoms with E-state index in [4.69, 9.17) is 8.83 Å². The van der Waals surface area contributed by atoms with Crippen LogP contribution in [0.3, 0.4) is 0 Å². The summed E-state index contributed by atoms with van der Waals surface area (Å²) >= 11 is 0. The molecule has 0 fully saturated rings. The predicted molar refractivity (Wildman–Crippen MR) is 492 cm³/mol. The van der Waals surface area contributed by atoms with Crippen molar-refractivity contribution in [1.29, 1.82) is 0 Å². The Balaban J connectivity index is 0.585. The van der Waals surface area contributed by atoms with Crippen molar-refractivity contribution in [3.8, 4) is 39.1 Å². The number of nitrogens with zero attached hydrogens (tertiary/aromatic N) is 4. The molecule has 1 N–H and O–H groups in total. The molecule has 3 aliphatic carbocycles. The van der Waals surface area contributed by atoms with Crippen LogP contribution >= 0.6 is 0 Å². The molecule has 115 heavy (non-hydrogen) atoms. The smallest absolute Gasteiger partial charge is 0.143 e. The molecule has 0 bridgehead atoms. The Morgan fingerprint density at radius 2 is 1.20 bits per heavy atom. The van der Waals surface area contributed by atoms with Crippen molar-refractivity contribution >= 4 is 130 Å². The Morgan fingerprint density at radius 3 is 1.90 bits per heavy atom. The molecule has 0 saturated carbocycles. The van der Waals surface area contributed by atoms with Crippen molar-refractivity contribution in [2.75, 3.05) is 15.1 Å². The van der Waals surface area contributed by atoms with E-state index in [2.05, 4.69) is 373 Å². The second-order valence-electron chi connectivity index (χ2n) is 29.3. The molecule has 4 heterocycles. The molecule has 7 nitrogen and oxygen atoms in total. The van der Waals surface area contributed by atoms with Crippen LogP contribution in [0.15, 0.2) is 400 Å². The molecule has 0 saturated heterocycles. The summed E-state index contributed by atoms with van der Waals surface area (Å²) in [4.78, 5) is 4.73. The number of nitrogens with one attached hydrogen (secondary N) is 1. The van der Waals surface area contributed by atoms with Crippen molar-refractivity contribution in [2.24, 2.45) is 0 Å². The molecule has 15 aromatic rings. The Morgan fingerprint density at radius 1 is 0.530 bits per heavy atom. The first-order valence-electron chi connectivity index (χ1n) is 39.4. The van der Waals surface area contributed by atoms with Crippen LogP contribution in [-0.4, -0.2) is 15.2 Å². The zero-order valence-electron chi connectivity index (χ0n) is 64.2. The SMILES string of the molecule is C=CC=CC(=C)n1c(C=C)c(C=Cc2ccc(-c3cccc4c5c(oc34)C=CCC5)cc2)c2cc(-c3ccc(N(C(C=C)=CC=C)c4ccc(Nc5ccc(N(C6=CC=C(c7ccc8c(c7)c(C=C(C=C)c7ccc(-c9cccc%10c9oc9ccccc9%10)cc7)cn8-c7ccccc7)CC6)C6C=CC=CC6)cc5)cc4)cc3)ccc21. The summed E-state index contributed by atoms with van der Waals surface area (Å²) in [5.74, 6) is 0.973. The molecule has 7 heteroatoms. The van der Waals surface area contributed by atoms with Gasteiger partial charge in [0.2, 0.25) is 0 Å². The van der Waals surface area contributed by atoms with E-state index in [9.17, 15) is 0 Å². The highest BCUT2D eigenvalue weighted by atomic mass is 16.3. The van der Waals surface area contributed by atoms with E-state index in [1.165, 1.54) is 33.2 Å². The minimum atomic E-state index is 0.167. The van der Waals surface area contributed by atoms with Gasteiger partial charge in [0.15, 0.2) is 0 Å². The molecule has 18 rings (SSSR count). The lowest BCUT2D eigenvalue weighted by molar-refractivity contribution is 0.596. The van der Waals surface area contributed by atoms with Gasteiger partial charge in [-0.2, -0.15) is 0 Å². The molecule has 3 aliphatic rings. The fourth-order valence-corrected chi connectivity index (χ4v) is 16.8. The number of hydrogen-bond donors (Lipinski definition) is 1. The van der Waals surface area contributed by atoms with Crippen LogP contribution in [0.25, 0.3) is 141 Å². The third-order valence-electron chi connectivity index (χ3n) is 22.5. The Hall–Kier alpha value is -14.7. The van der Waals surface area contributed by atoms with Crippen LogP contribution < -0.4 is 15.1 Å². The minimum absolute atomic E-state index is 0.167. The second-order valence-corrected chi connectivity index (χ2v) is 29.3. The number of para-hydroxylation sites is 4. The number of hydrogen-bond acceptors (Lipinski definition) is 5. The summed E-state index contributed by atoms with van der Waals surface area (Å²) in [6, 6.07) is 89.2. The van der Waals surface area contributed by atoms with Crippen LogP contribution in [-0.2, 0) is 6.42 Å². The van der Waals surface area contributed by atoms with Crippen LogP contribution in [0.5, 0.6) is 0 Å². The number of rotatable bonds is 24. The normalized spacial score (nSPS) is 14.2. The monoisotopic (exact) mass is 1480 g/mol. The van der Waals surface area contributed by atoms with Gasteiger partial charge in [0.1, 0.15) is 22.5 Å². The molecule has 0 amide bonds. The molecule has 11 aromatic carbocycles. The number of allylic oxidation sites excluding steroid dienone is 16. The van der Waals surface area contributed by atoms with Gasteiger partial charge in [-0.1, -0.05) is 258 Å². The first kappa shape index (κ1) is 71.9. The van der Waals surface area contributed by atoms with Crippen molar-refractivity contribution in [2.45, 2.75) is 38.1 Å². The standard InChI is InChI=1S/C108H85N5O2/c1-7-12-26-73(6)111-102(11-5)95(66-41-74-39-42-79(43-40-74)93-33-23-35-98-96-31-19-21-37-105(96)114-107(93)98)101-71-82(53-68-104(101)111)78-48-58-89(59-49-78)112(86(10-4)25-8-2)91-62-54-84(55-63-91)109-85-56-64-92(65-57-85)113(88-29-17-14-18-30-88)90-60-50-77(51-61-90)81-52-67-103-100(70-81)83(72-110(103)87-27-15-13-16-28-87)69-75(9-3)76-44-46-80(47-45-76)94-34-24-36-99-97-32-20-22-38-106(97)115-108(94)99/h7-18,20-29,32-50,52-60,62-72,88,109H,1-6,19,30-31,51,61H2. The molecule has 0 spiro atoms. The summed E-state index contributed by atoms with van der Waals surface area (Å²) < 4.78 is 17.4.